The molecular formula is C33H39N7O3. The van der Waals surface area contributed by atoms with Crippen LogP contribution in [0.1, 0.15) is 54.2 Å². The normalized spacial score (nSPS) is 21.5. The third kappa shape index (κ3) is 5.69. The Morgan fingerprint density at radius 2 is 1.53 bits per heavy atom. The van der Waals surface area contributed by atoms with E-state index in [1.807, 2.05) is 29.2 Å². The number of benzene rings is 2. The highest BCUT2D eigenvalue weighted by Gasteiger charge is 2.40. The average Bonchev–Trinajstić information content (AvgIpc) is 3.66. The van der Waals surface area contributed by atoms with Crippen LogP contribution in [0.15, 0.2) is 48.5 Å². The van der Waals surface area contributed by atoms with Crippen LogP contribution in [0.5, 0.6) is 0 Å². The minimum Gasteiger partial charge on any atom is -0.377 e. The van der Waals surface area contributed by atoms with Crippen molar-refractivity contribution >= 4 is 29.1 Å². The van der Waals surface area contributed by atoms with Crippen molar-refractivity contribution in [2.45, 2.75) is 57.7 Å². The van der Waals surface area contributed by atoms with E-state index in [-0.39, 0.29) is 11.9 Å². The predicted molar refractivity (Wildman–Crippen MR) is 166 cm³/mol. The van der Waals surface area contributed by atoms with Gasteiger partial charge in [0.2, 0.25) is 0 Å². The van der Waals surface area contributed by atoms with Gasteiger partial charge in [0.15, 0.2) is 5.82 Å². The number of nitrogens with one attached hydrogen (secondary N) is 2. The number of carbonyl (C=O) groups excluding carboxylic acids is 2. The summed E-state index contributed by atoms with van der Waals surface area (Å²) >= 11 is 0. The largest absolute Gasteiger partial charge is 0.377 e. The maximum absolute atomic E-state index is 12.7. The summed E-state index contributed by atoms with van der Waals surface area (Å²) in [5, 5.41) is 5.76. The maximum Gasteiger partial charge on any atom is 0.323 e. The molecule has 4 aliphatic heterocycles. The van der Waals surface area contributed by atoms with Crippen LogP contribution in [0.4, 0.5) is 22.0 Å². The lowest BCUT2D eigenvalue weighted by Gasteiger charge is -2.38. The standard InChI is InChI=1S/C33H39N7O3/c1-2-38-18-15-28-29(19-38)36-30(37-31(28)40-26-13-14-27(40)21-43-20-26)22-5-9-24(10-6-22)34-33(42)35-25-11-7-23(8-12-25)32(41)39-16-3-4-17-39/h5-12,26-27H,2-4,13-21H2,1H3,(H2,34,35,42). The number of carbonyl (C=O) groups is 2. The molecule has 2 bridgehead atoms. The van der Waals surface area contributed by atoms with Gasteiger partial charge in [-0.3, -0.25) is 9.69 Å². The number of hydrogen-bond donors (Lipinski definition) is 2. The molecule has 7 rings (SSSR count). The van der Waals surface area contributed by atoms with Crippen molar-refractivity contribution in [3.05, 3.63) is 65.4 Å². The fourth-order valence-electron chi connectivity index (χ4n) is 6.85. The summed E-state index contributed by atoms with van der Waals surface area (Å²) in [7, 11) is 0. The lowest BCUT2D eigenvalue weighted by molar-refractivity contribution is 0.0793. The van der Waals surface area contributed by atoms with Gasteiger partial charge in [-0.05, 0) is 87.2 Å². The fourth-order valence-corrected chi connectivity index (χ4v) is 6.85. The number of amides is 3. The number of fused-ring (bicyclic) bond motifs is 3. The van der Waals surface area contributed by atoms with Crippen molar-refractivity contribution in [1.29, 1.82) is 0 Å². The summed E-state index contributed by atoms with van der Waals surface area (Å²) < 4.78 is 5.87. The molecule has 3 amide bonds. The molecule has 2 unspecified atom stereocenters. The van der Waals surface area contributed by atoms with Crippen LogP contribution >= 0.6 is 0 Å². The Bertz CT molecular complexity index is 1470. The number of rotatable bonds is 6. The van der Waals surface area contributed by atoms with Crippen LogP contribution in [0.25, 0.3) is 11.4 Å². The third-order valence-corrected chi connectivity index (χ3v) is 9.24. The van der Waals surface area contributed by atoms with Gasteiger partial charge in [-0.2, -0.15) is 0 Å². The van der Waals surface area contributed by atoms with Crippen molar-refractivity contribution in [3.8, 4) is 11.4 Å². The zero-order valence-electron chi connectivity index (χ0n) is 24.7. The van der Waals surface area contributed by atoms with Gasteiger partial charge in [0.1, 0.15) is 5.82 Å². The summed E-state index contributed by atoms with van der Waals surface area (Å²) in [5.41, 5.74) is 5.26. The lowest BCUT2D eigenvalue weighted by atomic mass is 10.0. The molecule has 2 N–H and O–H groups in total. The van der Waals surface area contributed by atoms with Crippen molar-refractivity contribution in [2.75, 3.05) is 54.9 Å². The van der Waals surface area contributed by atoms with Gasteiger partial charge in [0.25, 0.3) is 5.91 Å². The quantitative estimate of drug-likeness (QED) is 0.432. The Morgan fingerprint density at radius 3 is 2.19 bits per heavy atom. The van der Waals surface area contributed by atoms with E-state index in [1.54, 1.807) is 24.3 Å². The molecular weight excluding hydrogens is 542 g/mol. The van der Waals surface area contributed by atoms with Gasteiger partial charge in [-0.1, -0.05) is 6.92 Å². The molecule has 3 fully saturated rings. The number of likely N-dealkylation sites (tertiary alicyclic amines) is 1. The van der Waals surface area contributed by atoms with E-state index in [0.717, 1.165) is 101 Å². The Hall–Kier alpha value is -4.02. The second kappa shape index (κ2) is 11.9. The number of hydrogen-bond acceptors (Lipinski definition) is 7. The fraction of sp³-hybridized carbons (Fsp3) is 0.455. The number of anilines is 3. The molecule has 3 aromatic rings. The van der Waals surface area contributed by atoms with Crippen LogP contribution < -0.4 is 15.5 Å². The van der Waals surface area contributed by atoms with E-state index in [2.05, 4.69) is 27.4 Å². The van der Waals surface area contributed by atoms with E-state index in [9.17, 15) is 9.59 Å². The summed E-state index contributed by atoms with van der Waals surface area (Å²) in [5.74, 6) is 1.85. The summed E-state index contributed by atoms with van der Waals surface area (Å²) in [6.07, 6.45) is 5.36. The first-order valence-electron chi connectivity index (χ1n) is 15.6. The summed E-state index contributed by atoms with van der Waals surface area (Å²) in [4.78, 5) is 42.4. The third-order valence-electron chi connectivity index (χ3n) is 9.24. The van der Waals surface area contributed by atoms with E-state index in [1.165, 1.54) is 5.56 Å². The highest BCUT2D eigenvalue weighted by atomic mass is 16.5. The zero-order valence-corrected chi connectivity index (χ0v) is 24.7. The number of urea groups is 1. The number of aromatic nitrogens is 2. The molecule has 3 saturated heterocycles. The molecule has 2 aromatic carbocycles. The van der Waals surface area contributed by atoms with Crippen LogP contribution in [0.2, 0.25) is 0 Å². The number of nitrogens with zero attached hydrogens (tertiary/aromatic N) is 5. The average molecular weight is 582 g/mol. The van der Waals surface area contributed by atoms with Crippen molar-refractivity contribution in [3.63, 3.8) is 0 Å². The second-order valence-corrected chi connectivity index (χ2v) is 12.0. The van der Waals surface area contributed by atoms with Crippen molar-refractivity contribution < 1.29 is 14.3 Å². The van der Waals surface area contributed by atoms with Crippen molar-refractivity contribution in [1.82, 2.24) is 19.8 Å². The van der Waals surface area contributed by atoms with E-state index < -0.39 is 0 Å². The van der Waals surface area contributed by atoms with E-state index in [4.69, 9.17) is 14.7 Å². The Labute approximate surface area is 252 Å². The number of morpholine rings is 1. The first-order valence-corrected chi connectivity index (χ1v) is 15.6. The molecule has 224 valence electrons. The van der Waals surface area contributed by atoms with Crippen LogP contribution in [-0.4, -0.2) is 83.2 Å². The van der Waals surface area contributed by atoms with Crippen molar-refractivity contribution in [2.24, 2.45) is 0 Å². The first kappa shape index (κ1) is 27.8. The highest BCUT2D eigenvalue weighted by molar-refractivity contribution is 6.00. The smallest absolute Gasteiger partial charge is 0.323 e. The van der Waals surface area contributed by atoms with Crippen LogP contribution in [0.3, 0.4) is 0 Å². The zero-order chi connectivity index (χ0) is 29.3. The van der Waals surface area contributed by atoms with Crippen LogP contribution in [0, 0.1) is 0 Å². The monoisotopic (exact) mass is 581 g/mol. The minimum absolute atomic E-state index is 0.0450. The molecule has 10 heteroatoms. The molecule has 0 radical (unpaired) electrons. The molecule has 2 atom stereocenters. The maximum atomic E-state index is 12.7. The van der Waals surface area contributed by atoms with Gasteiger partial charge >= 0.3 is 6.03 Å². The summed E-state index contributed by atoms with van der Waals surface area (Å²) in [6.45, 7) is 8.20. The topological polar surface area (TPSA) is 103 Å². The number of likely N-dealkylation sites (N-methyl/N-ethyl adjacent to an activating group) is 1. The van der Waals surface area contributed by atoms with Gasteiger partial charge < -0.3 is 25.2 Å². The molecule has 0 saturated carbocycles. The lowest BCUT2D eigenvalue weighted by Crippen LogP contribution is -2.47. The Morgan fingerprint density at radius 1 is 0.884 bits per heavy atom. The minimum atomic E-state index is -0.346. The van der Waals surface area contributed by atoms with Crippen LogP contribution in [-0.2, 0) is 17.7 Å². The van der Waals surface area contributed by atoms with E-state index in [0.29, 0.717) is 29.0 Å². The molecule has 0 spiro atoms. The molecule has 10 nitrogen and oxygen atoms in total. The molecule has 43 heavy (non-hydrogen) atoms. The van der Waals surface area contributed by atoms with E-state index >= 15 is 0 Å². The number of ether oxygens (including phenoxy) is 1. The second-order valence-electron chi connectivity index (χ2n) is 12.0. The summed E-state index contributed by atoms with van der Waals surface area (Å²) in [6, 6.07) is 15.2. The SMILES string of the molecule is CCN1CCc2c(nc(-c3ccc(NC(=O)Nc4ccc(C(=O)N5CCCC5)cc4)cc3)nc2N2C3CCC2COC3)C1. The Balaban J connectivity index is 1.05. The predicted octanol–water partition coefficient (Wildman–Crippen LogP) is 4.77. The molecule has 0 aliphatic carbocycles. The van der Waals surface area contributed by atoms with Gasteiger partial charge in [0.05, 0.1) is 31.0 Å². The van der Waals surface area contributed by atoms with Gasteiger partial charge in [-0.15, -0.1) is 0 Å². The first-order chi connectivity index (χ1) is 21.1. The Kier molecular flexibility index (Phi) is 7.71. The molecule has 4 aliphatic rings. The molecule has 5 heterocycles. The van der Waals surface area contributed by atoms with Gasteiger partial charge in [0, 0.05) is 54.2 Å². The van der Waals surface area contributed by atoms with Gasteiger partial charge in [-0.25, -0.2) is 14.8 Å². The molecule has 1 aromatic heterocycles. The highest BCUT2D eigenvalue weighted by Crippen LogP contribution is 2.38.